The maximum atomic E-state index is 11.3. The number of nitrogens with zero attached hydrogens (tertiary/aromatic N) is 3. The molecule has 2 aromatic rings. The van der Waals surface area contributed by atoms with Crippen molar-refractivity contribution in [1.29, 1.82) is 0 Å². The van der Waals surface area contributed by atoms with Crippen molar-refractivity contribution >= 4 is 5.91 Å². The molecule has 0 unspecified atom stereocenters. The molecule has 0 aromatic carbocycles. The molecule has 2 heterocycles. The predicted octanol–water partition coefficient (Wildman–Crippen LogP) is 0.849. The molecule has 2 rings (SSSR count). The van der Waals surface area contributed by atoms with Crippen LogP contribution in [0.15, 0.2) is 24.4 Å². The van der Waals surface area contributed by atoms with Crippen LogP contribution in [0.4, 0.5) is 0 Å². The molecule has 0 atom stereocenters. The summed E-state index contributed by atoms with van der Waals surface area (Å²) in [5, 5.41) is 7.17. The van der Waals surface area contributed by atoms with Gasteiger partial charge in [0, 0.05) is 31.4 Å². The van der Waals surface area contributed by atoms with Crippen LogP contribution in [0.5, 0.6) is 0 Å². The van der Waals surface area contributed by atoms with Crippen molar-refractivity contribution in [2.24, 2.45) is 5.73 Å². The zero-order chi connectivity index (χ0) is 14.5. The van der Waals surface area contributed by atoms with Gasteiger partial charge in [-0.2, -0.15) is 5.10 Å². The molecule has 6 heteroatoms. The number of hydrogen-bond acceptors (Lipinski definition) is 4. The first-order valence-electron chi connectivity index (χ1n) is 6.55. The fraction of sp³-hybridized carbons (Fsp3) is 0.357. The topological polar surface area (TPSA) is 85.8 Å². The summed E-state index contributed by atoms with van der Waals surface area (Å²) < 4.78 is 1.80. The highest BCUT2D eigenvalue weighted by atomic mass is 16.1. The van der Waals surface area contributed by atoms with Crippen molar-refractivity contribution in [3.63, 3.8) is 0 Å². The zero-order valence-corrected chi connectivity index (χ0v) is 11.8. The van der Waals surface area contributed by atoms with Crippen LogP contribution in [-0.2, 0) is 11.3 Å². The first-order chi connectivity index (χ1) is 9.60. The third kappa shape index (κ3) is 3.42. The molecule has 0 bridgehead atoms. The molecule has 0 aliphatic rings. The van der Waals surface area contributed by atoms with Crippen LogP contribution < -0.4 is 11.1 Å². The standard InChI is InChI=1S/C14H19N5O/c1-10-7-11(2)19(18-10)13-4-3-12(8-16-13)9-17-14(20)5-6-15/h3-4,7-8H,5-6,9,15H2,1-2H3,(H,17,20). The van der Waals surface area contributed by atoms with Gasteiger partial charge in [-0.3, -0.25) is 4.79 Å². The Bertz CT molecular complexity index is 588. The second-order valence-corrected chi connectivity index (χ2v) is 4.68. The second kappa shape index (κ2) is 6.29. The lowest BCUT2D eigenvalue weighted by Gasteiger charge is -2.06. The average molecular weight is 273 g/mol. The van der Waals surface area contributed by atoms with E-state index in [1.807, 2.05) is 32.0 Å². The van der Waals surface area contributed by atoms with Gasteiger partial charge < -0.3 is 11.1 Å². The lowest BCUT2D eigenvalue weighted by molar-refractivity contribution is -0.121. The Morgan fingerprint density at radius 3 is 2.75 bits per heavy atom. The SMILES string of the molecule is Cc1cc(C)n(-c2ccc(CNC(=O)CCN)cn2)n1. The molecule has 0 saturated heterocycles. The summed E-state index contributed by atoms with van der Waals surface area (Å²) in [6.07, 6.45) is 2.09. The maximum Gasteiger partial charge on any atom is 0.221 e. The Kier molecular flexibility index (Phi) is 4.47. The summed E-state index contributed by atoms with van der Waals surface area (Å²) in [6, 6.07) is 5.83. The molecule has 0 spiro atoms. The third-order valence-electron chi connectivity index (χ3n) is 2.90. The lowest BCUT2D eigenvalue weighted by atomic mass is 10.2. The van der Waals surface area contributed by atoms with Gasteiger partial charge in [-0.25, -0.2) is 9.67 Å². The average Bonchev–Trinajstić information content (AvgIpc) is 2.76. The Balaban J connectivity index is 2.03. The number of carbonyl (C=O) groups is 1. The highest BCUT2D eigenvalue weighted by Crippen LogP contribution is 2.10. The first kappa shape index (κ1) is 14.2. The predicted molar refractivity (Wildman–Crippen MR) is 76.4 cm³/mol. The van der Waals surface area contributed by atoms with Gasteiger partial charge in [0.15, 0.2) is 5.82 Å². The molecule has 106 valence electrons. The Morgan fingerprint density at radius 1 is 1.40 bits per heavy atom. The van der Waals surface area contributed by atoms with E-state index in [4.69, 9.17) is 5.73 Å². The van der Waals surface area contributed by atoms with Crippen LogP contribution >= 0.6 is 0 Å². The van der Waals surface area contributed by atoms with E-state index in [0.717, 1.165) is 22.8 Å². The van der Waals surface area contributed by atoms with Crippen LogP contribution in [0.25, 0.3) is 5.82 Å². The van der Waals surface area contributed by atoms with Crippen molar-refractivity contribution in [2.75, 3.05) is 6.54 Å². The number of rotatable bonds is 5. The minimum atomic E-state index is -0.0462. The Morgan fingerprint density at radius 2 is 2.20 bits per heavy atom. The zero-order valence-electron chi connectivity index (χ0n) is 11.8. The molecule has 0 fully saturated rings. The maximum absolute atomic E-state index is 11.3. The van der Waals surface area contributed by atoms with Gasteiger partial charge in [-0.15, -0.1) is 0 Å². The molecule has 0 aliphatic heterocycles. The normalized spacial score (nSPS) is 10.6. The van der Waals surface area contributed by atoms with Gasteiger partial charge in [0.25, 0.3) is 0 Å². The molecule has 0 radical (unpaired) electrons. The van der Waals surface area contributed by atoms with E-state index in [-0.39, 0.29) is 5.91 Å². The summed E-state index contributed by atoms with van der Waals surface area (Å²) in [5.41, 5.74) is 8.26. The number of nitrogens with two attached hydrogens (primary N) is 1. The van der Waals surface area contributed by atoms with Crippen molar-refractivity contribution in [2.45, 2.75) is 26.8 Å². The number of pyridine rings is 1. The highest BCUT2D eigenvalue weighted by molar-refractivity contribution is 5.75. The van der Waals surface area contributed by atoms with E-state index in [9.17, 15) is 4.79 Å². The molecule has 2 aromatic heterocycles. The van der Waals surface area contributed by atoms with Gasteiger partial charge in [0.1, 0.15) is 0 Å². The van der Waals surface area contributed by atoms with Crippen molar-refractivity contribution in [1.82, 2.24) is 20.1 Å². The van der Waals surface area contributed by atoms with Gasteiger partial charge >= 0.3 is 0 Å². The van der Waals surface area contributed by atoms with Crippen LogP contribution in [0, 0.1) is 13.8 Å². The van der Waals surface area contributed by atoms with Crippen LogP contribution in [-0.4, -0.2) is 27.2 Å². The van der Waals surface area contributed by atoms with Crippen molar-refractivity contribution in [3.8, 4) is 5.82 Å². The molecule has 0 aliphatic carbocycles. The van der Waals surface area contributed by atoms with E-state index >= 15 is 0 Å². The van der Waals surface area contributed by atoms with E-state index in [1.165, 1.54) is 0 Å². The number of hydrogen-bond donors (Lipinski definition) is 2. The van der Waals surface area contributed by atoms with Gasteiger partial charge in [0.05, 0.1) is 5.69 Å². The fourth-order valence-electron chi connectivity index (χ4n) is 1.93. The molecule has 0 saturated carbocycles. The molecule has 20 heavy (non-hydrogen) atoms. The summed E-state index contributed by atoms with van der Waals surface area (Å²) in [4.78, 5) is 15.7. The molecule has 6 nitrogen and oxygen atoms in total. The van der Waals surface area contributed by atoms with E-state index in [1.54, 1.807) is 10.9 Å². The summed E-state index contributed by atoms with van der Waals surface area (Å²) in [7, 11) is 0. The van der Waals surface area contributed by atoms with Crippen LogP contribution in [0.3, 0.4) is 0 Å². The fourth-order valence-corrected chi connectivity index (χ4v) is 1.93. The minimum absolute atomic E-state index is 0.0462. The molecular formula is C14H19N5O. The molecular weight excluding hydrogens is 254 g/mol. The number of aryl methyl sites for hydroxylation is 2. The largest absolute Gasteiger partial charge is 0.352 e. The summed E-state index contributed by atoms with van der Waals surface area (Å²) in [5.74, 6) is 0.725. The second-order valence-electron chi connectivity index (χ2n) is 4.68. The summed E-state index contributed by atoms with van der Waals surface area (Å²) in [6.45, 7) is 4.76. The van der Waals surface area contributed by atoms with Crippen molar-refractivity contribution in [3.05, 3.63) is 41.3 Å². The number of nitrogens with one attached hydrogen (secondary N) is 1. The van der Waals surface area contributed by atoms with E-state index in [2.05, 4.69) is 15.4 Å². The van der Waals surface area contributed by atoms with Crippen LogP contribution in [0.1, 0.15) is 23.4 Å². The number of aromatic nitrogens is 3. The van der Waals surface area contributed by atoms with E-state index in [0.29, 0.717) is 19.5 Å². The molecule has 1 amide bonds. The highest BCUT2D eigenvalue weighted by Gasteiger charge is 2.05. The monoisotopic (exact) mass is 273 g/mol. The minimum Gasteiger partial charge on any atom is -0.352 e. The number of carbonyl (C=O) groups excluding carboxylic acids is 1. The van der Waals surface area contributed by atoms with Crippen molar-refractivity contribution < 1.29 is 4.79 Å². The van der Waals surface area contributed by atoms with Gasteiger partial charge in [-0.1, -0.05) is 6.07 Å². The quantitative estimate of drug-likeness (QED) is 0.845. The Labute approximate surface area is 118 Å². The smallest absolute Gasteiger partial charge is 0.221 e. The van der Waals surface area contributed by atoms with E-state index < -0.39 is 0 Å². The summed E-state index contributed by atoms with van der Waals surface area (Å²) >= 11 is 0. The number of amides is 1. The lowest BCUT2D eigenvalue weighted by Crippen LogP contribution is -2.25. The Hall–Kier alpha value is -2.21. The first-order valence-corrected chi connectivity index (χ1v) is 6.55. The molecule has 3 N–H and O–H groups in total. The third-order valence-corrected chi connectivity index (χ3v) is 2.90. The van der Waals surface area contributed by atoms with Crippen LogP contribution in [0.2, 0.25) is 0 Å². The van der Waals surface area contributed by atoms with Gasteiger partial charge in [-0.05, 0) is 31.5 Å². The van der Waals surface area contributed by atoms with Gasteiger partial charge in [0.2, 0.25) is 5.91 Å².